The number of nitrogens with zero attached hydrogens (tertiary/aromatic N) is 1. The van der Waals surface area contributed by atoms with Crippen LogP contribution in [0.2, 0.25) is 0 Å². The van der Waals surface area contributed by atoms with Gasteiger partial charge in [0.15, 0.2) is 9.84 Å². The SMILES string of the molecule is CCCS(=O)(=O)CCN1CCC(=O)NC(CC(C)C)C1=O. The Morgan fingerprint density at radius 1 is 1.29 bits per heavy atom. The van der Waals surface area contributed by atoms with Crippen LogP contribution in [0.5, 0.6) is 0 Å². The summed E-state index contributed by atoms with van der Waals surface area (Å²) in [6.07, 6.45) is 1.38. The van der Waals surface area contributed by atoms with E-state index in [1.807, 2.05) is 20.8 Å². The summed E-state index contributed by atoms with van der Waals surface area (Å²) >= 11 is 0. The third-order valence-corrected chi connectivity index (χ3v) is 5.28. The van der Waals surface area contributed by atoms with E-state index in [-0.39, 0.29) is 42.2 Å². The number of sulfone groups is 1. The molecule has 21 heavy (non-hydrogen) atoms. The summed E-state index contributed by atoms with van der Waals surface area (Å²) in [7, 11) is -3.12. The van der Waals surface area contributed by atoms with E-state index in [0.29, 0.717) is 19.4 Å². The van der Waals surface area contributed by atoms with Gasteiger partial charge < -0.3 is 10.2 Å². The van der Waals surface area contributed by atoms with Gasteiger partial charge in [0.2, 0.25) is 11.8 Å². The number of hydrogen-bond donors (Lipinski definition) is 1. The van der Waals surface area contributed by atoms with E-state index in [4.69, 9.17) is 0 Å². The second-order valence-electron chi connectivity index (χ2n) is 5.98. The predicted octanol–water partition coefficient (Wildman–Crippen LogP) is 0.574. The normalized spacial score (nSPS) is 20.6. The molecule has 0 radical (unpaired) electrons. The number of hydrogen-bond acceptors (Lipinski definition) is 4. The Balaban J connectivity index is 2.71. The van der Waals surface area contributed by atoms with Crippen LogP contribution >= 0.6 is 0 Å². The molecule has 0 spiro atoms. The van der Waals surface area contributed by atoms with Crippen LogP contribution in [0.15, 0.2) is 0 Å². The minimum atomic E-state index is -3.12. The maximum absolute atomic E-state index is 12.4. The largest absolute Gasteiger partial charge is 0.344 e. The zero-order valence-corrected chi connectivity index (χ0v) is 13.9. The minimum absolute atomic E-state index is 0.0326. The molecule has 1 rings (SSSR count). The second kappa shape index (κ2) is 7.77. The number of amides is 2. The van der Waals surface area contributed by atoms with Gasteiger partial charge in [0.1, 0.15) is 6.04 Å². The molecule has 6 nitrogen and oxygen atoms in total. The molecule has 1 heterocycles. The van der Waals surface area contributed by atoms with Crippen LogP contribution in [0, 0.1) is 5.92 Å². The minimum Gasteiger partial charge on any atom is -0.344 e. The first kappa shape index (κ1) is 17.9. The van der Waals surface area contributed by atoms with Crippen LogP contribution in [0.4, 0.5) is 0 Å². The average Bonchev–Trinajstić information content (AvgIpc) is 2.48. The van der Waals surface area contributed by atoms with Gasteiger partial charge in [-0.15, -0.1) is 0 Å². The van der Waals surface area contributed by atoms with Crippen molar-refractivity contribution < 1.29 is 18.0 Å². The lowest BCUT2D eigenvalue weighted by Gasteiger charge is -2.24. The van der Waals surface area contributed by atoms with Gasteiger partial charge in [-0.2, -0.15) is 0 Å². The van der Waals surface area contributed by atoms with Gasteiger partial charge in [0.05, 0.1) is 5.75 Å². The topological polar surface area (TPSA) is 83.6 Å². The van der Waals surface area contributed by atoms with Crippen molar-refractivity contribution in [2.75, 3.05) is 24.6 Å². The highest BCUT2D eigenvalue weighted by Gasteiger charge is 2.30. The molecule has 1 fully saturated rings. The Bertz CT molecular complexity index is 473. The molecule has 0 aromatic heterocycles. The van der Waals surface area contributed by atoms with E-state index in [1.54, 1.807) is 0 Å². The Labute approximate surface area is 127 Å². The fourth-order valence-electron chi connectivity index (χ4n) is 2.41. The molecular formula is C14H26N2O4S. The van der Waals surface area contributed by atoms with Crippen molar-refractivity contribution in [1.29, 1.82) is 0 Å². The van der Waals surface area contributed by atoms with Crippen molar-refractivity contribution >= 4 is 21.7 Å². The molecule has 1 atom stereocenters. The monoisotopic (exact) mass is 318 g/mol. The Morgan fingerprint density at radius 3 is 2.52 bits per heavy atom. The van der Waals surface area contributed by atoms with Crippen molar-refractivity contribution in [3.63, 3.8) is 0 Å². The second-order valence-corrected chi connectivity index (χ2v) is 8.28. The highest BCUT2D eigenvalue weighted by atomic mass is 32.2. The van der Waals surface area contributed by atoms with Gasteiger partial charge >= 0.3 is 0 Å². The number of carbonyl (C=O) groups is 2. The van der Waals surface area contributed by atoms with Crippen LogP contribution in [-0.2, 0) is 19.4 Å². The first-order valence-corrected chi connectivity index (χ1v) is 9.36. The zero-order chi connectivity index (χ0) is 16.0. The molecule has 122 valence electrons. The van der Waals surface area contributed by atoms with Crippen molar-refractivity contribution in [3.8, 4) is 0 Å². The Morgan fingerprint density at radius 2 is 1.95 bits per heavy atom. The lowest BCUT2D eigenvalue weighted by molar-refractivity contribution is -0.133. The van der Waals surface area contributed by atoms with Crippen molar-refractivity contribution in [3.05, 3.63) is 0 Å². The van der Waals surface area contributed by atoms with E-state index in [1.165, 1.54) is 4.90 Å². The van der Waals surface area contributed by atoms with E-state index < -0.39 is 15.9 Å². The molecule has 1 unspecified atom stereocenters. The van der Waals surface area contributed by atoms with Crippen LogP contribution in [0.3, 0.4) is 0 Å². The first-order chi connectivity index (χ1) is 9.75. The Hall–Kier alpha value is -1.11. The molecule has 0 bridgehead atoms. The number of rotatable bonds is 7. The van der Waals surface area contributed by atoms with Crippen molar-refractivity contribution in [2.24, 2.45) is 5.92 Å². The lowest BCUT2D eigenvalue weighted by Crippen LogP contribution is -2.46. The summed E-state index contributed by atoms with van der Waals surface area (Å²) in [6.45, 7) is 6.25. The lowest BCUT2D eigenvalue weighted by atomic mass is 10.0. The fraction of sp³-hybridized carbons (Fsp3) is 0.857. The number of carbonyl (C=O) groups excluding carboxylic acids is 2. The van der Waals surface area contributed by atoms with Gasteiger partial charge in [0.25, 0.3) is 0 Å². The molecule has 0 saturated carbocycles. The van der Waals surface area contributed by atoms with E-state index >= 15 is 0 Å². The molecular weight excluding hydrogens is 292 g/mol. The molecule has 0 aromatic carbocycles. The number of nitrogens with one attached hydrogen (secondary N) is 1. The summed E-state index contributed by atoms with van der Waals surface area (Å²) in [5.74, 6) is 0.0776. The van der Waals surface area contributed by atoms with Crippen molar-refractivity contribution in [2.45, 2.75) is 46.1 Å². The van der Waals surface area contributed by atoms with Gasteiger partial charge in [-0.1, -0.05) is 20.8 Å². The van der Waals surface area contributed by atoms with Crippen LogP contribution < -0.4 is 5.32 Å². The summed E-state index contributed by atoms with van der Waals surface area (Å²) in [5.41, 5.74) is 0. The maximum Gasteiger partial charge on any atom is 0.245 e. The molecule has 0 aromatic rings. The highest BCUT2D eigenvalue weighted by molar-refractivity contribution is 7.91. The van der Waals surface area contributed by atoms with Gasteiger partial charge in [0, 0.05) is 25.3 Å². The molecule has 1 N–H and O–H groups in total. The summed E-state index contributed by atoms with van der Waals surface area (Å²) in [6, 6.07) is -0.533. The van der Waals surface area contributed by atoms with Crippen LogP contribution in [-0.4, -0.2) is 55.8 Å². The maximum atomic E-state index is 12.4. The van der Waals surface area contributed by atoms with E-state index in [2.05, 4.69) is 5.32 Å². The zero-order valence-electron chi connectivity index (χ0n) is 13.1. The summed E-state index contributed by atoms with van der Waals surface area (Å²) in [4.78, 5) is 25.6. The molecule has 0 aliphatic carbocycles. The quantitative estimate of drug-likeness (QED) is 0.744. The summed E-state index contributed by atoms with van der Waals surface area (Å²) in [5, 5.41) is 2.73. The Kier molecular flexibility index (Phi) is 6.64. The summed E-state index contributed by atoms with van der Waals surface area (Å²) < 4.78 is 23.5. The third kappa shape index (κ3) is 6.03. The smallest absolute Gasteiger partial charge is 0.245 e. The molecule has 7 heteroatoms. The van der Waals surface area contributed by atoms with Gasteiger partial charge in [-0.05, 0) is 18.8 Å². The fourth-order valence-corrected chi connectivity index (χ4v) is 3.74. The molecule has 1 saturated heterocycles. The van der Waals surface area contributed by atoms with Crippen molar-refractivity contribution in [1.82, 2.24) is 10.2 Å². The predicted molar refractivity (Wildman–Crippen MR) is 81.5 cm³/mol. The van der Waals surface area contributed by atoms with Crippen LogP contribution in [0.1, 0.15) is 40.0 Å². The molecule has 1 aliphatic heterocycles. The first-order valence-electron chi connectivity index (χ1n) is 7.53. The standard InChI is InChI=1S/C14H26N2O4S/c1-4-8-21(19,20)9-7-16-6-5-13(17)15-12(14(16)18)10-11(2)3/h11-12H,4-10H2,1-3H3,(H,15,17). The third-order valence-electron chi connectivity index (χ3n) is 3.45. The van der Waals surface area contributed by atoms with Gasteiger partial charge in [-0.3, -0.25) is 9.59 Å². The molecule has 1 aliphatic rings. The van der Waals surface area contributed by atoms with Crippen LogP contribution in [0.25, 0.3) is 0 Å². The highest BCUT2D eigenvalue weighted by Crippen LogP contribution is 2.12. The average molecular weight is 318 g/mol. The van der Waals surface area contributed by atoms with E-state index in [0.717, 1.165) is 0 Å². The van der Waals surface area contributed by atoms with Gasteiger partial charge in [-0.25, -0.2) is 8.42 Å². The molecule has 2 amide bonds. The van der Waals surface area contributed by atoms with E-state index in [9.17, 15) is 18.0 Å².